The lowest BCUT2D eigenvalue weighted by Gasteiger charge is -2.29. The fourth-order valence-electron chi connectivity index (χ4n) is 5.10. The molecule has 0 aromatic heterocycles. The molecule has 184 valence electrons. The lowest BCUT2D eigenvalue weighted by atomic mass is 9.77. The number of ether oxygens (including phenoxy) is 1. The molecule has 0 unspecified atom stereocenters. The van der Waals surface area contributed by atoms with Crippen LogP contribution in [0.25, 0.3) is 11.1 Å². The number of benzene rings is 3. The maximum Gasteiger partial charge on any atom is 0.343 e. The van der Waals surface area contributed by atoms with Crippen LogP contribution in [0.4, 0.5) is 13.2 Å². The van der Waals surface area contributed by atoms with Crippen LogP contribution >= 0.6 is 0 Å². The van der Waals surface area contributed by atoms with E-state index in [1.54, 1.807) is 30.3 Å². The van der Waals surface area contributed by atoms with Crippen molar-refractivity contribution in [1.29, 1.82) is 0 Å². The molecule has 0 amide bonds. The van der Waals surface area contributed by atoms with E-state index >= 15 is 8.78 Å². The lowest BCUT2D eigenvalue weighted by molar-refractivity contribution is 0.0734. The number of esters is 1. The Balaban J connectivity index is 1.46. The summed E-state index contributed by atoms with van der Waals surface area (Å²) in [6, 6.07) is 13.8. The van der Waals surface area contributed by atoms with E-state index in [0.717, 1.165) is 38.2 Å². The highest BCUT2D eigenvalue weighted by atomic mass is 19.2. The fraction of sp³-hybridized carbons (Fsp3) is 0.367. The van der Waals surface area contributed by atoms with Crippen molar-refractivity contribution < 1.29 is 22.7 Å². The maximum atomic E-state index is 15.0. The van der Waals surface area contributed by atoms with Gasteiger partial charge < -0.3 is 4.74 Å². The molecular formula is C30H31F3O2. The van der Waals surface area contributed by atoms with E-state index in [1.807, 2.05) is 6.92 Å². The molecule has 0 saturated heterocycles. The Hall–Kier alpha value is -3.08. The van der Waals surface area contributed by atoms with E-state index in [2.05, 4.69) is 6.92 Å². The predicted octanol–water partition coefficient (Wildman–Crippen LogP) is 8.63. The highest BCUT2D eigenvalue weighted by molar-refractivity contribution is 5.91. The van der Waals surface area contributed by atoms with Gasteiger partial charge in [-0.1, -0.05) is 57.0 Å². The van der Waals surface area contributed by atoms with Crippen LogP contribution in [0.2, 0.25) is 0 Å². The minimum Gasteiger partial charge on any atom is -0.423 e. The standard InChI is InChI=1S/C30H31F3O2/c1-3-5-19-6-8-21(9-7-19)25-16-17-26(29(33)28(25)32)22-12-14-24(15-13-22)35-30(34)23-11-10-20(4-2)27(31)18-23/h10-19,21H,3-9H2,1-2H3. The summed E-state index contributed by atoms with van der Waals surface area (Å²) in [6.45, 7) is 4.02. The molecule has 1 aliphatic carbocycles. The zero-order valence-corrected chi connectivity index (χ0v) is 20.3. The molecule has 0 heterocycles. The molecule has 0 N–H and O–H groups in total. The molecule has 0 bridgehead atoms. The van der Waals surface area contributed by atoms with E-state index in [4.69, 9.17) is 4.74 Å². The molecule has 5 heteroatoms. The predicted molar refractivity (Wildman–Crippen MR) is 132 cm³/mol. The molecule has 0 radical (unpaired) electrons. The quantitative estimate of drug-likeness (QED) is 0.250. The summed E-state index contributed by atoms with van der Waals surface area (Å²) in [5, 5.41) is 0. The van der Waals surface area contributed by atoms with Gasteiger partial charge in [-0.05, 0) is 84.9 Å². The SMILES string of the molecule is CCCC1CCC(c2ccc(-c3ccc(OC(=O)c4ccc(CC)c(F)c4)cc3)c(F)c2F)CC1. The molecule has 1 fully saturated rings. The van der Waals surface area contributed by atoms with Crippen molar-refractivity contribution in [2.24, 2.45) is 5.92 Å². The van der Waals surface area contributed by atoms with Gasteiger partial charge >= 0.3 is 5.97 Å². The van der Waals surface area contributed by atoms with E-state index in [-0.39, 0.29) is 22.8 Å². The van der Waals surface area contributed by atoms with Crippen molar-refractivity contribution in [2.75, 3.05) is 0 Å². The molecular weight excluding hydrogens is 449 g/mol. The van der Waals surface area contributed by atoms with Gasteiger partial charge in [0.2, 0.25) is 0 Å². The van der Waals surface area contributed by atoms with Crippen LogP contribution in [0.15, 0.2) is 54.6 Å². The van der Waals surface area contributed by atoms with E-state index in [9.17, 15) is 9.18 Å². The van der Waals surface area contributed by atoms with Crippen LogP contribution in [0.1, 0.15) is 79.8 Å². The lowest BCUT2D eigenvalue weighted by Crippen LogP contribution is -2.15. The number of rotatable bonds is 7. The van der Waals surface area contributed by atoms with Gasteiger partial charge in [-0.3, -0.25) is 0 Å². The second-order valence-corrected chi connectivity index (χ2v) is 9.41. The zero-order valence-electron chi connectivity index (χ0n) is 20.3. The van der Waals surface area contributed by atoms with E-state index in [0.29, 0.717) is 29.0 Å². The average Bonchev–Trinajstić information content (AvgIpc) is 2.87. The van der Waals surface area contributed by atoms with E-state index in [1.165, 1.54) is 24.6 Å². The summed E-state index contributed by atoms with van der Waals surface area (Å²) in [5.74, 6) is -1.76. The van der Waals surface area contributed by atoms with Gasteiger partial charge in [0.1, 0.15) is 11.6 Å². The molecule has 2 nitrogen and oxygen atoms in total. The minimum absolute atomic E-state index is 0.0599. The number of hydrogen-bond acceptors (Lipinski definition) is 2. The Morgan fingerprint density at radius 2 is 1.60 bits per heavy atom. The number of halogens is 3. The molecule has 4 rings (SSSR count). The number of carbonyl (C=O) groups excluding carboxylic acids is 1. The Labute approximate surface area is 205 Å². The molecule has 1 saturated carbocycles. The molecule has 1 aliphatic rings. The van der Waals surface area contributed by atoms with Crippen LogP contribution in [0.5, 0.6) is 5.75 Å². The van der Waals surface area contributed by atoms with Gasteiger partial charge in [-0.25, -0.2) is 18.0 Å². The van der Waals surface area contributed by atoms with Crippen molar-refractivity contribution >= 4 is 5.97 Å². The van der Waals surface area contributed by atoms with Crippen molar-refractivity contribution in [3.63, 3.8) is 0 Å². The molecule has 3 aromatic rings. The molecule has 0 aliphatic heterocycles. The van der Waals surface area contributed by atoms with Crippen LogP contribution in [0, 0.1) is 23.4 Å². The van der Waals surface area contributed by atoms with Crippen LogP contribution < -0.4 is 4.74 Å². The van der Waals surface area contributed by atoms with Crippen molar-refractivity contribution in [1.82, 2.24) is 0 Å². The van der Waals surface area contributed by atoms with Gasteiger partial charge in [0.15, 0.2) is 11.6 Å². The number of carbonyl (C=O) groups is 1. The van der Waals surface area contributed by atoms with Crippen molar-refractivity contribution in [2.45, 2.75) is 64.7 Å². The Kier molecular flexibility index (Phi) is 7.94. The highest BCUT2D eigenvalue weighted by Crippen LogP contribution is 2.40. The summed E-state index contributed by atoms with van der Waals surface area (Å²) in [7, 11) is 0. The summed E-state index contributed by atoms with van der Waals surface area (Å²) in [5.41, 5.74) is 1.75. The summed E-state index contributed by atoms with van der Waals surface area (Å²) < 4.78 is 49.4. The first-order valence-corrected chi connectivity index (χ1v) is 12.5. The van der Waals surface area contributed by atoms with Gasteiger partial charge in [-0.15, -0.1) is 0 Å². The first-order valence-electron chi connectivity index (χ1n) is 12.5. The Bertz CT molecular complexity index is 1180. The molecule has 35 heavy (non-hydrogen) atoms. The summed E-state index contributed by atoms with van der Waals surface area (Å²) >= 11 is 0. The third-order valence-electron chi connectivity index (χ3n) is 7.14. The summed E-state index contributed by atoms with van der Waals surface area (Å²) in [6.07, 6.45) is 6.82. The van der Waals surface area contributed by atoms with Gasteiger partial charge in [0.25, 0.3) is 0 Å². The topological polar surface area (TPSA) is 26.3 Å². The number of hydrogen-bond donors (Lipinski definition) is 0. The zero-order chi connectivity index (χ0) is 24.9. The molecule has 0 spiro atoms. The van der Waals surface area contributed by atoms with Gasteiger partial charge in [0, 0.05) is 5.56 Å². The highest BCUT2D eigenvalue weighted by Gasteiger charge is 2.26. The average molecular weight is 481 g/mol. The van der Waals surface area contributed by atoms with E-state index < -0.39 is 23.4 Å². The largest absolute Gasteiger partial charge is 0.423 e. The normalized spacial score (nSPS) is 17.9. The van der Waals surface area contributed by atoms with Crippen molar-refractivity contribution in [3.05, 3.63) is 88.7 Å². The van der Waals surface area contributed by atoms with Crippen LogP contribution in [0.3, 0.4) is 0 Å². The fourth-order valence-corrected chi connectivity index (χ4v) is 5.10. The Morgan fingerprint density at radius 1 is 0.886 bits per heavy atom. The second kappa shape index (κ2) is 11.1. The first-order chi connectivity index (χ1) is 16.9. The molecule has 3 aromatic carbocycles. The molecule has 0 atom stereocenters. The van der Waals surface area contributed by atoms with Gasteiger partial charge in [-0.2, -0.15) is 0 Å². The smallest absolute Gasteiger partial charge is 0.343 e. The minimum atomic E-state index is -0.852. The summed E-state index contributed by atoms with van der Waals surface area (Å²) in [4.78, 5) is 12.4. The number of aryl methyl sites for hydroxylation is 1. The van der Waals surface area contributed by atoms with Crippen LogP contribution in [-0.4, -0.2) is 5.97 Å². The third kappa shape index (κ3) is 5.61. The Morgan fingerprint density at radius 3 is 2.23 bits per heavy atom. The van der Waals surface area contributed by atoms with Crippen molar-refractivity contribution in [3.8, 4) is 16.9 Å². The maximum absolute atomic E-state index is 15.0. The second-order valence-electron chi connectivity index (χ2n) is 9.41. The third-order valence-corrected chi connectivity index (χ3v) is 7.14. The first kappa shape index (κ1) is 25.0. The monoisotopic (exact) mass is 480 g/mol. The van der Waals surface area contributed by atoms with Gasteiger partial charge in [0.05, 0.1) is 5.56 Å². The van der Waals surface area contributed by atoms with Crippen LogP contribution in [-0.2, 0) is 6.42 Å².